The molecule has 3 aromatic carbocycles. The van der Waals surface area contributed by atoms with Crippen LogP contribution >= 0.6 is 0 Å². The number of aromatic carboxylic acids is 1. The van der Waals surface area contributed by atoms with E-state index in [4.69, 9.17) is 10.5 Å². The summed E-state index contributed by atoms with van der Waals surface area (Å²) in [5, 5.41) is 13.2. The van der Waals surface area contributed by atoms with E-state index in [1.54, 1.807) is 0 Å². The van der Waals surface area contributed by atoms with E-state index in [9.17, 15) is 9.90 Å². The van der Waals surface area contributed by atoms with E-state index in [1.165, 1.54) is 5.56 Å². The first kappa shape index (κ1) is 18.7. The monoisotopic (exact) mass is 400 g/mol. The summed E-state index contributed by atoms with van der Waals surface area (Å²) < 4.78 is 7.90. The molecule has 152 valence electrons. The van der Waals surface area contributed by atoms with Crippen molar-refractivity contribution in [3.8, 4) is 5.75 Å². The van der Waals surface area contributed by atoms with Crippen LogP contribution in [0.5, 0.6) is 5.75 Å². The van der Waals surface area contributed by atoms with Gasteiger partial charge in [0.15, 0.2) is 0 Å². The molecule has 5 heteroatoms. The third-order valence-electron chi connectivity index (χ3n) is 6.03. The van der Waals surface area contributed by atoms with E-state index < -0.39 is 5.97 Å². The lowest BCUT2D eigenvalue weighted by molar-refractivity contribution is 0.0681. The van der Waals surface area contributed by atoms with Crippen molar-refractivity contribution in [2.45, 2.75) is 31.8 Å². The van der Waals surface area contributed by atoms with Gasteiger partial charge in [-0.25, -0.2) is 4.79 Å². The van der Waals surface area contributed by atoms with Crippen molar-refractivity contribution >= 4 is 27.6 Å². The predicted molar refractivity (Wildman–Crippen MR) is 118 cm³/mol. The molecule has 0 bridgehead atoms. The van der Waals surface area contributed by atoms with Gasteiger partial charge in [-0.1, -0.05) is 54.6 Å². The van der Waals surface area contributed by atoms with Crippen LogP contribution in [0.25, 0.3) is 21.7 Å². The smallest absolute Gasteiger partial charge is 0.352 e. The van der Waals surface area contributed by atoms with Crippen LogP contribution in [0.4, 0.5) is 0 Å². The van der Waals surface area contributed by atoms with Crippen molar-refractivity contribution in [2.24, 2.45) is 5.73 Å². The third kappa shape index (κ3) is 3.02. The number of hydrogen-bond donors (Lipinski definition) is 2. The molecular weight excluding hydrogens is 376 g/mol. The molecule has 5 rings (SSSR count). The van der Waals surface area contributed by atoms with E-state index >= 15 is 0 Å². The lowest BCUT2D eigenvalue weighted by Gasteiger charge is -2.23. The summed E-state index contributed by atoms with van der Waals surface area (Å²) in [6.45, 7) is 0.519. The number of ether oxygens (including phenoxy) is 1. The Kier molecular flexibility index (Phi) is 4.68. The van der Waals surface area contributed by atoms with Gasteiger partial charge in [0.1, 0.15) is 11.4 Å². The SMILES string of the molecule is NC1CCc2cccc3c(CCCOc4cccc5ccccc45)c(C(=O)O)n1c23. The second kappa shape index (κ2) is 7.50. The minimum absolute atomic E-state index is 0.297. The van der Waals surface area contributed by atoms with E-state index in [0.717, 1.165) is 52.3 Å². The normalized spacial score (nSPS) is 15.6. The summed E-state index contributed by atoms with van der Waals surface area (Å²) in [4.78, 5) is 12.1. The number of carbonyl (C=O) groups is 1. The Morgan fingerprint density at radius 2 is 1.83 bits per heavy atom. The fraction of sp³-hybridized carbons (Fsp3) is 0.240. The molecule has 3 N–H and O–H groups in total. The molecule has 30 heavy (non-hydrogen) atoms. The van der Waals surface area contributed by atoms with E-state index in [-0.39, 0.29) is 6.17 Å². The van der Waals surface area contributed by atoms with Gasteiger partial charge in [-0.05, 0) is 48.3 Å². The second-order valence-electron chi connectivity index (χ2n) is 7.85. The summed E-state index contributed by atoms with van der Waals surface area (Å²) in [5.41, 5.74) is 9.66. The van der Waals surface area contributed by atoms with Crippen LogP contribution in [0.15, 0.2) is 60.7 Å². The molecular formula is C25H24N2O3. The van der Waals surface area contributed by atoms with Crippen molar-refractivity contribution < 1.29 is 14.6 Å². The molecule has 2 heterocycles. The largest absolute Gasteiger partial charge is 0.493 e. The van der Waals surface area contributed by atoms with Gasteiger partial charge in [0, 0.05) is 10.8 Å². The van der Waals surface area contributed by atoms with E-state index in [0.29, 0.717) is 18.7 Å². The molecule has 0 spiro atoms. The minimum atomic E-state index is -0.917. The topological polar surface area (TPSA) is 77.5 Å². The first-order valence-electron chi connectivity index (χ1n) is 10.4. The lowest BCUT2D eigenvalue weighted by atomic mass is 10.00. The van der Waals surface area contributed by atoms with Crippen LogP contribution in [0.3, 0.4) is 0 Å². The fourth-order valence-corrected chi connectivity index (χ4v) is 4.71. The number of nitrogens with two attached hydrogens (primary N) is 1. The molecule has 1 aromatic heterocycles. The predicted octanol–water partition coefficient (Wildman–Crippen LogP) is 4.91. The van der Waals surface area contributed by atoms with E-state index in [2.05, 4.69) is 24.3 Å². The maximum atomic E-state index is 12.1. The third-order valence-corrected chi connectivity index (χ3v) is 6.03. The van der Waals surface area contributed by atoms with Gasteiger partial charge in [-0.2, -0.15) is 0 Å². The van der Waals surface area contributed by atoms with Crippen molar-refractivity contribution in [1.29, 1.82) is 0 Å². The van der Waals surface area contributed by atoms with Gasteiger partial charge in [0.2, 0.25) is 0 Å². The van der Waals surface area contributed by atoms with Crippen LogP contribution in [0.2, 0.25) is 0 Å². The second-order valence-corrected chi connectivity index (χ2v) is 7.85. The highest BCUT2D eigenvalue weighted by molar-refractivity contribution is 5.99. The molecule has 0 amide bonds. The Balaban J connectivity index is 1.42. The Bertz CT molecular complexity index is 1250. The molecule has 0 fully saturated rings. The van der Waals surface area contributed by atoms with Crippen LogP contribution in [-0.4, -0.2) is 22.2 Å². The van der Waals surface area contributed by atoms with Crippen molar-refractivity contribution in [3.63, 3.8) is 0 Å². The first-order valence-corrected chi connectivity index (χ1v) is 10.4. The highest BCUT2D eigenvalue weighted by atomic mass is 16.5. The number of benzene rings is 3. The zero-order valence-corrected chi connectivity index (χ0v) is 16.7. The Hall–Kier alpha value is -3.31. The van der Waals surface area contributed by atoms with Gasteiger partial charge in [-0.15, -0.1) is 0 Å². The number of rotatable bonds is 6. The number of aromatic nitrogens is 1. The number of carboxylic acid groups (broad SMARTS) is 1. The number of carboxylic acids is 1. The molecule has 0 radical (unpaired) electrons. The molecule has 0 saturated carbocycles. The number of nitrogens with zero attached hydrogens (tertiary/aromatic N) is 1. The van der Waals surface area contributed by atoms with E-state index in [1.807, 2.05) is 41.0 Å². The van der Waals surface area contributed by atoms with Gasteiger partial charge in [-0.3, -0.25) is 0 Å². The Morgan fingerprint density at radius 3 is 2.70 bits per heavy atom. The zero-order valence-electron chi connectivity index (χ0n) is 16.7. The first-order chi connectivity index (χ1) is 14.6. The molecule has 1 aliphatic heterocycles. The molecule has 1 atom stereocenters. The highest BCUT2D eigenvalue weighted by Crippen LogP contribution is 2.36. The Labute approximate surface area is 174 Å². The number of fused-ring (bicyclic) bond motifs is 1. The summed E-state index contributed by atoms with van der Waals surface area (Å²) in [6.07, 6.45) is 2.69. The minimum Gasteiger partial charge on any atom is -0.493 e. The van der Waals surface area contributed by atoms with Crippen LogP contribution < -0.4 is 10.5 Å². The van der Waals surface area contributed by atoms with Gasteiger partial charge >= 0.3 is 5.97 Å². The standard InChI is InChI=1S/C25H24N2O3/c26-22-14-13-17-8-3-10-19-20(24(25(28)29)27(22)23(17)19)11-5-15-30-21-12-4-7-16-6-1-2-9-18(16)21/h1-4,6-10,12,22H,5,11,13-15,26H2,(H,28,29). The molecule has 1 aliphatic rings. The molecule has 0 aliphatic carbocycles. The molecule has 4 aromatic rings. The highest BCUT2D eigenvalue weighted by Gasteiger charge is 2.29. The van der Waals surface area contributed by atoms with Crippen molar-refractivity contribution in [1.82, 2.24) is 4.57 Å². The van der Waals surface area contributed by atoms with Gasteiger partial charge in [0.25, 0.3) is 0 Å². The van der Waals surface area contributed by atoms with Crippen LogP contribution in [-0.2, 0) is 12.8 Å². The van der Waals surface area contributed by atoms with Crippen molar-refractivity contribution in [2.75, 3.05) is 6.61 Å². The summed E-state index contributed by atoms with van der Waals surface area (Å²) in [6, 6.07) is 20.3. The lowest BCUT2D eigenvalue weighted by Crippen LogP contribution is -2.26. The zero-order chi connectivity index (χ0) is 20.7. The molecule has 1 unspecified atom stereocenters. The molecule has 5 nitrogen and oxygen atoms in total. The fourth-order valence-electron chi connectivity index (χ4n) is 4.71. The summed E-state index contributed by atoms with van der Waals surface area (Å²) >= 11 is 0. The Morgan fingerprint density at radius 1 is 1.07 bits per heavy atom. The summed E-state index contributed by atoms with van der Waals surface area (Å²) in [7, 11) is 0. The number of aryl methyl sites for hydroxylation is 2. The maximum absolute atomic E-state index is 12.1. The maximum Gasteiger partial charge on any atom is 0.352 e. The average Bonchev–Trinajstić information content (AvgIpc) is 3.10. The van der Waals surface area contributed by atoms with Gasteiger partial charge < -0.3 is 20.1 Å². The van der Waals surface area contributed by atoms with Crippen LogP contribution in [0, 0.1) is 0 Å². The van der Waals surface area contributed by atoms with Gasteiger partial charge in [0.05, 0.1) is 18.3 Å². The quantitative estimate of drug-likeness (QED) is 0.451. The molecule has 0 saturated heterocycles. The average molecular weight is 400 g/mol. The number of hydrogen-bond acceptors (Lipinski definition) is 3. The summed E-state index contributed by atoms with van der Waals surface area (Å²) in [5.74, 6) is -0.0596. The number of para-hydroxylation sites is 1. The van der Waals surface area contributed by atoms with Crippen molar-refractivity contribution in [3.05, 3.63) is 77.5 Å². The van der Waals surface area contributed by atoms with Crippen LogP contribution in [0.1, 0.15) is 40.6 Å².